The van der Waals surface area contributed by atoms with E-state index in [1.165, 1.54) is 18.2 Å². The number of carbonyl (C=O) groups is 1. The number of nitrogens with one attached hydrogen (secondary N) is 1. The molecule has 1 heterocycles. The molecule has 0 atom stereocenters. The van der Waals surface area contributed by atoms with Gasteiger partial charge in [0.25, 0.3) is 10.0 Å². The van der Waals surface area contributed by atoms with Crippen molar-refractivity contribution in [3.8, 4) is 0 Å². The van der Waals surface area contributed by atoms with Crippen molar-refractivity contribution in [2.45, 2.75) is 43.9 Å². The molecule has 1 aliphatic heterocycles. The Bertz CT molecular complexity index is 1070. The van der Waals surface area contributed by atoms with Crippen LogP contribution in [0.1, 0.15) is 39.0 Å². The van der Waals surface area contributed by atoms with Gasteiger partial charge in [-0.05, 0) is 55.3 Å². The van der Waals surface area contributed by atoms with E-state index in [1.807, 2.05) is 6.92 Å². The number of nitrogens with zero attached hydrogens (tertiary/aromatic N) is 2. The minimum absolute atomic E-state index is 0.0169. The SMILES string of the molecule is CCC1=NS(=O)(=O)c2cc(NC(=O)C3CCCC3)ccc2N1c1ccc(F)cc1. The normalized spacial score (nSPS) is 18.3. The van der Waals surface area contributed by atoms with E-state index >= 15 is 0 Å². The van der Waals surface area contributed by atoms with E-state index in [9.17, 15) is 17.6 Å². The second-order valence-electron chi connectivity index (χ2n) is 7.30. The minimum atomic E-state index is -3.91. The number of anilines is 3. The van der Waals surface area contributed by atoms with Crippen LogP contribution in [0.4, 0.5) is 21.5 Å². The fourth-order valence-electron chi connectivity index (χ4n) is 3.88. The van der Waals surface area contributed by atoms with Gasteiger partial charge >= 0.3 is 0 Å². The summed E-state index contributed by atoms with van der Waals surface area (Å²) in [4.78, 5) is 14.1. The Hall–Kier alpha value is -2.74. The Morgan fingerprint density at radius 2 is 1.86 bits per heavy atom. The van der Waals surface area contributed by atoms with Crippen molar-refractivity contribution in [2.24, 2.45) is 10.3 Å². The van der Waals surface area contributed by atoms with Gasteiger partial charge < -0.3 is 5.32 Å². The molecule has 0 aromatic heterocycles. The number of hydrogen-bond donors (Lipinski definition) is 1. The maximum Gasteiger partial charge on any atom is 0.286 e. The van der Waals surface area contributed by atoms with Crippen LogP contribution in [0.5, 0.6) is 0 Å². The predicted octanol–water partition coefficient (Wildman–Crippen LogP) is 4.60. The Morgan fingerprint density at radius 3 is 2.52 bits per heavy atom. The lowest BCUT2D eigenvalue weighted by molar-refractivity contribution is -0.119. The average Bonchev–Trinajstić information content (AvgIpc) is 3.24. The summed E-state index contributed by atoms with van der Waals surface area (Å²) in [6.07, 6.45) is 4.18. The molecule has 2 aliphatic rings. The minimum Gasteiger partial charge on any atom is -0.326 e. The molecular formula is C21H22FN3O3S. The zero-order chi connectivity index (χ0) is 20.6. The first kappa shape index (κ1) is 19.6. The largest absolute Gasteiger partial charge is 0.326 e. The fraction of sp³-hybridized carbons (Fsp3) is 0.333. The highest BCUT2D eigenvalue weighted by atomic mass is 32.2. The number of amidine groups is 1. The van der Waals surface area contributed by atoms with Crippen molar-refractivity contribution in [3.63, 3.8) is 0 Å². The molecule has 29 heavy (non-hydrogen) atoms. The molecule has 2 aromatic carbocycles. The molecule has 0 spiro atoms. The fourth-order valence-corrected chi connectivity index (χ4v) is 5.17. The van der Waals surface area contributed by atoms with E-state index < -0.39 is 10.0 Å². The average molecular weight is 415 g/mol. The van der Waals surface area contributed by atoms with Gasteiger partial charge in [0.15, 0.2) is 0 Å². The van der Waals surface area contributed by atoms with Gasteiger partial charge in [0.05, 0.1) is 5.69 Å². The van der Waals surface area contributed by atoms with Crippen molar-refractivity contribution in [1.29, 1.82) is 0 Å². The highest BCUT2D eigenvalue weighted by Gasteiger charge is 2.32. The molecule has 1 fully saturated rings. The van der Waals surface area contributed by atoms with Crippen LogP contribution in [0.2, 0.25) is 0 Å². The lowest BCUT2D eigenvalue weighted by Gasteiger charge is -2.31. The second-order valence-corrected chi connectivity index (χ2v) is 8.87. The molecule has 4 rings (SSSR count). The highest BCUT2D eigenvalue weighted by Crippen LogP contribution is 2.39. The van der Waals surface area contributed by atoms with Crippen LogP contribution in [-0.2, 0) is 14.8 Å². The second kappa shape index (κ2) is 7.59. The third kappa shape index (κ3) is 3.76. The maximum absolute atomic E-state index is 13.4. The molecule has 1 amide bonds. The van der Waals surface area contributed by atoms with E-state index in [0.29, 0.717) is 29.3 Å². The van der Waals surface area contributed by atoms with Crippen molar-refractivity contribution in [1.82, 2.24) is 0 Å². The van der Waals surface area contributed by atoms with E-state index in [0.717, 1.165) is 25.7 Å². The first-order valence-electron chi connectivity index (χ1n) is 9.73. The van der Waals surface area contributed by atoms with Gasteiger partial charge in [0.1, 0.15) is 16.5 Å². The van der Waals surface area contributed by atoms with Crippen LogP contribution >= 0.6 is 0 Å². The van der Waals surface area contributed by atoms with Gasteiger partial charge in [0.2, 0.25) is 5.91 Å². The monoisotopic (exact) mass is 415 g/mol. The molecule has 8 heteroatoms. The number of sulfonamides is 1. The van der Waals surface area contributed by atoms with E-state index in [-0.39, 0.29) is 22.5 Å². The third-order valence-corrected chi connectivity index (χ3v) is 6.69. The number of benzene rings is 2. The lowest BCUT2D eigenvalue weighted by atomic mass is 10.1. The number of rotatable bonds is 4. The van der Waals surface area contributed by atoms with Crippen molar-refractivity contribution in [3.05, 3.63) is 48.3 Å². The molecule has 0 saturated heterocycles. The summed E-state index contributed by atoms with van der Waals surface area (Å²) in [5.74, 6) is -0.128. The summed E-state index contributed by atoms with van der Waals surface area (Å²) in [5.41, 5.74) is 1.48. The van der Waals surface area contributed by atoms with Crippen molar-refractivity contribution in [2.75, 3.05) is 10.2 Å². The molecule has 1 N–H and O–H groups in total. The molecule has 1 aliphatic carbocycles. The molecule has 0 bridgehead atoms. The summed E-state index contributed by atoms with van der Waals surface area (Å²) in [5, 5.41) is 2.84. The predicted molar refractivity (Wildman–Crippen MR) is 110 cm³/mol. The first-order valence-corrected chi connectivity index (χ1v) is 11.2. The Morgan fingerprint density at radius 1 is 1.17 bits per heavy atom. The highest BCUT2D eigenvalue weighted by molar-refractivity contribution is 7.90. The molecule has 0 unspecified atom stereocenters. The van der Waals surface area contributed by atoms with Crippen LogP contribution in [0.25, 0.3) is 0 Å². The molecule has 1 saturated carbocycles. The summed E-state index contributed by atoms with van der Waals surface area (Å²) >= 11 is 0. The number of halogens is 1. The Balaban J connectivity index is 1.74. The van der Waals surface area contributed by atoms with Gasteiger partial charge in [-0.1, -0.05) is 19.8 Å². The number of amides is 1. The number of fused-ring (bicyclic) bond motifs is 1. The smallest absolute Gasteiger partial charge is 0.286 e. The van der Waals surface area contributed by atoms with E-state index in [4.69, 9.17) is 0 Å². The van der Waals surface area contributed by atoms with Crippen LogP contribution in [0.15, 0.2) is 51.8 Å². The van der Waals surface area contributed by atoms with Gasteiger partial charge in [-0.25, -0.2) is 4.39 Å². The van der Waals surface area contributed by atoms with Crippen LogP contribution in [-0.4, -0.2) is 20.2 Å². The maximum atomic E-state index is 13.4. The van der Waals surface area contributed by atoms with Gasteiger partial charge in [-0.3, -0.25) is 9.69 Å². The number of hydrogen-bond acceptors (Lipinski definition) is 4. The van der Waals surface area contributed by atoms with E-state index in [2.05, 4.69) is 9.71 Å². The van der Waals surface area contributed by atoms with E-state index in [1.54, 1.807) is 29.2 Å². The van der Waals surface area contributed by atoms with Gasteiger partial charge in [-0.2, -0.15) is 8.42 Å². The molecule has 152 valence electrons. The summed E-state index contributed by atoms with van der Waals surface area (Å²) in [6, 6.07) is 10.6. The summed E-state index contributed by atoms with van der Waals surface area (Å²) < 4.78 is 42.9. The molecular weight excluding hydrogens is 393 g/mol. The Labute approximate surface area is 169 Å². The number of carbonyl (C=O) groups excluding carboxylic acids is 1. The van der Waals surface area contributed by atoms with Crippen LogP contribution in [0.3, 0.4) is 0 Å². The van der Waals surface area contributed by atoms with Gasteiger partial charge in [-0.15, -0.1) is 4.40 Å². The zero-order valence-corrected chi connectivity index (χ0v) is 16.9. The van der Waals surface area contributed by atoms with Crippen molar-refractivity contribution < 1.29 is 17.6 Å². The first-order chi connectivity index (χ1) is 13.9. The van der Waals surface area contributed by atoms with Crippen LogP contribution in [0, 0.1) is 11.7 Å². The lowest BCUT2D eigenvalue weighted by Crippen LogP contribution is -2.31. The molecule has 6 nitrogen and oxygen atoms in total. The van der Waals surface area contributed by atoms with Gasteiger partial charge in [0, 0.05) is 23.7 Å². The summed E-state index contributed by atoms with van der Waals surface area (Å²) in [7, 11) is -3.91. The van der Waals surface area contributed by atoms with Crippen LogP contribution < -0.4 is 10.2 Å². The zero-order valence-electron chi connectivity index (χ0n) is 16.1. The van der Waals surface area contributed by atoms with Crippen molar-refractivity contribution >= 4 is 38.8 Å². The third-order valence-electron chi connectivity index (χ3n) is 5.36. The Kier molecular flexibility index (Phi) is 5.12. The topological polar surface area (TPSA) is 78.8 Å². The molecule has 2 aromatic rings. The quantitative estimate of drug-likeness (QED) is 0.791. The molecule has 0 radical (unpaired) electrons. The summed E-state index contributed by atoms with van der Waals surface area (Å²) in [6.45, 7) is 1.81. The standard InChI is InChI=1S/C21H22FN3O3S/c1-2-20-24-29(27,28)19-13-16(23-21(26)14-5-3-4-6-14)9-12-18(19)25(20)17-10-7-15(22)8-11-17/h7-14H,2-6H2,1H3,(H,23,26).